The van der Waals surface area contributed by atoms with Gasteiger partial charge in [-0.05, 0) is 24.3 Å². The molecule has 1 heterocycles. The molecule has 0 spiro atoms. The van der Waals surface area contributed by atoms with Crippen LogP contribution in [-0.4, -0.2) is 25.6 Å². The molecule has 1 aliphatic rings. The summed E-state index contributed by atoms with van der Waals surface area (Å²) in [6.45, 7) is 0.926. The number of aliphatic imine (C=N–C) groups is 2. The molecule has 0 unspecified atom stereocenters. The van der Waals surface area contributed by atoms with Crippen LogP contribution in [0.4, 0.5) is 11.4 Å². The zero-order chi connectivity index (χ0) is 13.6. The van der Waals surface area contributed by atoms with Gasteiger partial charge in [-0.2, -0.15) is 0 Å². The van der Waals surface area contributed by atoms with E-state index in [1.54, 1.807) is 12.4 Å². The van der Waals surface area contributed by atoms with Gasteiger partial charge >= 0.3 is 0 Å². The fourth-order valence-corrected chi connectivity index (χ4v) is 1.90. The van der Waals surface area contributed by atoms with Crippen molar-refractivity contribution < 1.29 is 9.47 Å². The molecular weight excluding hydrogens is 252 g/mol. The molecular formula is C16H14N2O2. The lowest BCUT2D eigenvalue weighted by atomic mass is 10.3. The molecule has 4 heteroatoms. The van der Waals surface area contributed by atoms with Crippen LogP contribution in [0.2, 0.25) is 0 Å². The molecule has 20 heavy (non-hydrogen) atoms. The van der Waals surface area contributed by atoms with Crippen LogP contribution in [0.25, 0.3) is 0 Å². The summed E-state index contributed by atoms with van der Waals surface area (Å²) in [5.41, 5.74) is 1.57. The van der Waals surface area contributed by atoms with Crippen molar-refractivity contribution in [2.45, 2.75) is 0 Å². The highest BCUT2D eigenvalue weighted by atomic mass is 16.5. The van der Waals surface area contributed by atoms with Gasteiger partial charge in [-0.25, -0.2) is 0 Å². The summed E-state index contributed by atoms with van der Waals surface area (Å²) < 4.78 is 11.4. The Bertz CT molecular complexity index is 593. The van der Waals surface area contributed by atoms with Crippen molar-refractivity contribution >= 4 is 23.8 Å². The van der Waals surface area contributed by atoms with E-state index in [-0.39, 0.29) is 0 Å². The van der Waals surface area contributed by atoms with Crippen LogP contribution in [0.15, 0.2) is 58.5 Å². The van der Waals surface area contributed by atoms with E-state index in [0.29, 0.717) is 13.2 Å². The number of hydrogen-bond acceptors (Lipinski definition) is 4. The average molecular weight is 266 g/mol. The summed E-state index contributed by atoms with van der Waals surface area (Å²) in [5.74, 6) is 1.49. The molecule has 0 amide bonds. The second kappa shape index (κ2) is 6.02. The zero-order valence-corrected chi connectivity index (χ0v) is 10.9. The Balaban J connectivity index is 1.92. The van der Waals surface area contributed by atoms with Crippen molar-refractivity contribution in [1.29, 1.82) is 0 Å². The molecule has 0 atom stereocenters. The molecule has 0 radical (unpaired) electrons. The van der Waals surface area contributed by atoms with Crippen LogP contribution in [0.5, 0.6) is 11.5 Å². The van der Waals surface area contributed by atoms with E-state index in [0.717, 1.165) is 22.9 Å². The lowest BCUT2D eigenvalue weighted by molar-refractivity contribution is 0.218. The van der Waals surface area contributed by atoms with E-state index in [1.807, 2.05) is 48.5 Å². The molecule has 0 saturated heterocycles. The molecule has 0 fully saturated rings. The van der Waals surface area contributed by atoms with Gasteiger partial charge in [0.05, 0.1) is 0 Å². The van der Waals surface area contributed by atoms with E-state index >= 15 is 0 Å². The fraction of sp³-hybridized carbons (Fsp3) is 0.125. The Kier molecular flexibility index (Phi) is 3.73. The van der Waals surface area contributed by atoms with Gasteiger partial charge in [-0.1, -0.05) is 24.3 Å². The normalized spacial score (nSPS) is 14.0. The van der Waals surface area contributed by atoms with Crippen molar-refractivity contribution in [3.05, 3.63) is 48.5 Å². The van der Waals surface area contributed by atoms with E-state index in [2.05, 4.69) is 9.98 Å². The van der Waals surface area contributed by atoms with Crippen molar-refractivity contribution in [3.63, 3.8) is 0 Å². The molecule has 0 bridgehead atoms. The lowest BCUT2D eigenvalue weighted by Crippen LogP contribution is -2.09. The van der Waals surface area contributed by atoms with Crippen molar-refractivity contribution in [2.75, 3.05) is 13.2 Å². The first-order valence-corrected chi connectivity index (χ1v) is 6.44. The van der Waals surface area contributed by atoms with Gasteiger partial charge in [0.15, 0.2) is 0 Å². The van der Waals surface area contributed by atoms with Gasteiger partial charge in [0.1, 0.15) is 36.1 Å². The Morgan fingerprint density at radius 3 is 1.60 bits per heavy atom. The Morgan fingerprint density at radius 1 is 0.650 bits per heavy atom. The second-order valence-electron chi connectivity index (χ2n) is 4.19. The van der Waals surface area contributed by atoms with Crippen LogP contribution < -0.4 is 9.47 Å². The number of ether oxygens (including phenoxy) is 2. The number of rotatable bonds is 0. The summed E-state index contributed by atoms with van der Waals surface area (Å²) in [4.78, 5) is 8.71. The topological polar surface area (TPSA) is 43.2 Å². The van der Waals surface area contributed by atoms with E-state index in [1.165, 1.54) is 0 Å². The highest BCUT2D eigenvalue weighted by molar-refractivity contribution is 6.17. The first-order chi connectivity index (χ1) is 9.93. The number of nitrogens with zero attached hydrogens (tertiary/aromatic N) is 2. The monoisotopic (exact) mass is 266 g/mol. The lowest BCUT2D eigenvalue weighted by Gasteiger charge is -2.11. The van der Waals surface area contributed by atoms with Crippen molar-refractivity contribution in [2.24, 2.45) is 9.98 Å². The minimum Gasteiger partial charge on any atom is -0.488 e. The second-order valence-corrected chi connectivity index (χ2v) is 4.19. The molecule has 4 nitrogen and oxygen atoms in total. The maximum absolute atomic E-state index is 5.69. The van der Waals surface area contributed by atoms with Gasteiger partial charge in [-0.3, -0.25) is 9.98 Å². The van der Waals surface area contributed by atoms with Gasteiger partial charge in [-0.15, -0.1) is 0 Å². The smallest absolute Gasteiger partial charge is 0.145 e. The summed E-state index contributed by atoms with van der Waals surface area (Å²) in [6, 6.07) is 15.3. The highest BCUT2D eigenvalue weighted by Gasteiger charge is 2.04. The number of fused-ring (bicyclic) bond motifs is 2. The van der Waals surface area contributed by atoms with Gasteiger partial charge < -0.3 is 9.47 Å². The predicted molar refractivity (Wildman–Crippen MR) is 80.2 cm³/mol. The molecule has 2 aromatic carbocycles. The SMILES string of the molecule is C1=Nc2ccccc2OCCOc2ccccc2N=C1. The summed E-state index contributed by atoms with van der Waals surface area (Å²) in [7, 11) is 0. The highest BCUT2D eigenvalue weighted by Crippen LogP contribution is 2.28. The predicted octanol–water partition coefficient (Wildman–Crippen LogP) is 3.56. The third-order valence-corrected chi connectivity index (χ3v) is 2.82. The largest absolute Gasteiger partial charge is 0.488 e. The van der Waals surface area contributed by atoms with Crippen LogP contribution in [0.1, 0.15) is 0 Å². The third-order valence-electron chi connectivity index (χ3n) is 2.82. The number of benzene rings is 2. The number of hydrogen-bond donors (Lipinski definition) is 0. The summed E-state index contributed by atoms with van der Waals surface area (Å²) >= 11 is 0. The molecule has 100 valence electrons. The van der Waals surface area contributed by atoms with Gasteiger partial charge in [0.25, 0.3) is 0 Å². The Labute approximate surface area is 117 Å². The quantitative estimate of drug-likeness (QED) is 0.731. The molecule has 0 aromatic heterocycles. The number of para-hydroxylation sites is 4. The molecule has 2 aromatic rings. The average Bonchev–Trinajstić information content (AvgIpc) is 2.49. The van der Waals surface area contributed by atoms with Crippen LogP contribution in [0.3, 0.4) is 0 Å². The summed E-state index contributed by atoms with van der Waals surface area (Å²) in [6.07, 6.45) is 3.31. The molecule has 0 aliphatic carbocycles. The first kappa shape index (κ1) is 12.4. The van der Waals surface area contributed by atoms with Gasteiger partial charge in [0.2, 0.25) is 0 Å². The van der Waals surface area contributed by atoms with Crippen LogP contribution in [-0.2, 0) is 0 Å². The minimum atomic E-state index is 0.463. The van der Waals surface area contributed by atoms with E-state index < -0.39 is 0 Å². The maximum Gasteiger partial charge on any atom is 0.145 e. The minimum absolute atomic E-state index is 0.463. The van der Waals surface area contributed by atoms with E-state index in [4.69, 9.17) is 9.47 Å². The fourth-order valence-electron chi connectivity index (χ4n) is 1.90. The molecule has 3 rings (SSSR count). The van der Waals surface area contributed by atoms with Crippen molar-refractivity contribution in [3.8, 4) is 11.5 Å². The van der Waals surface area contributed by atoms with Crippen LogP contribution in [0, 0.1) is 0 Å². The van der Waals surface area contributed by atoms with E-state index in [9.17, 15) is 0 Å². The standard InChI is InChI=1S/C16H14N2O2/c1-3-7-15-13(5-1)17-9-10-18-14-6-2-4-8-16(14)20-12-11-19-15/h1-10H,11-12H2. The Morgan fingerprint density at radius 2 is 1.10 bits per heavy atom. The molecule has 0 N–H and O–H groups in total. The summed E-state index contributed by atoms with van der Waals surface area (Å²) in [5, 5.41) is 0. The Hall–Kier alpha value is -2.62. The zero-order valence-electron chi connectivity index (χ0n) is 10.9. The van der Waals surface area contributed by atoms with Gasteiger partial charge in [0, 0.05) is 12.4 Å². The van der Waals surface area contributed by atoms with Crippen molar-refractivity contribution in [1.82, 2.24) is 0 Å². The third kappa shape index (κ3) is 2.85. The molecule has 0 saturated carbocycles. The first-order valence-electron chi connectivity index (χ1n) is 6.44. The maximum atomic E-state index is 5.69. The van der Waals surface area contributed by atoms with Crippen LogP contribution >= 0.6 is 0 Å². The molecule has 1 aliphatic heterocycles.